The predicted octanol–water partition coefficient (Wildman–Crippen LogP) is -0.643. The van der Waals surface area contributed by atoms with E-state index in [2.05, 4.69) is 0 Å². The standard InChI is InChI=1S/2H2O2.H2O.O.V/c2*1-2;;;/h2*1-2H;1H2;;/q;;;;+1/p-1. The van der Waals surface area contributed by atoms with Gasteiger partial charge in [0.25, 0.3) is 0 Å². The molecule has 0 rings (SSSR count). The first-order valence-electron chi connectivity index (χ1n) is 0.783. The molecule has 0 unspecified atom stereocenters. The van der Waals surface area contributed by atoms with Crippen LogP contribution >= 0.6 is 0 Å². The molecule has 0 saturated heterocycles. The zero-order valence-electron chi connectivity index (χ0n) is 3.09. The van der Waals surface area contributed by atoms with Crippen molar-refractivity contribution in [2.75, 3.05) is 0 Å². The molecule has 5 N–H and O–H groups in total. The van der Waals surface area contributed by atoms with Crippen molar-refractivity contribution in [3.63, 3.8) is 0 Å². The van der Waals surface area contributed by atoms with Crippen LogP contribution in [0.5, 0.6) is 0 Å². The molecule has 0 saturated carbocycles. The van der Waals surface area contributed by atoms with Crippen molar-refractivity contribution >= 4 is 0 Å². The summed E-state index contributed by atoms with van der Waals surface area (Å²) in [5.74, 6) is 0. The Labute approximate surface area is 46.2 Å². The van der Waals surface area contributed by atoms with Crippen LogP contribution in [-0.2, 0) is 20.3 Å². The second-order valence-electron chi connectivity index (χ2n) is 0.0816. The van der Waals surface area contributed by atoms with Gasteiger partial charge in [-0.3, -0.25) is 21.0 Å². The molecule has 0 fully saturated rings. The van der Waals surface area contributed by atoms with Gasteiger partial charge in [0.1, 0.15) is 0 Å². The van der Waals surface area contributed by atoms with Crippen LogP contribution in [0.15, 0.2) is 0 Å². The van der Waals surface area contributed by atoms with E-state index in [-0.39, 0.29) is 0 Å². The third kappa shape index (κ3) is 3180. The van der Waals surface area contributed by atoms with Crippen LogP contribution in [0.1, 0.15) is 0 Å². The topological polar surface area (TPSA) is 118 Å². The Morgan fingerprint density at radius 1 is 1.00 bits per heavy atom. The van der Waals surface area contributed by atoms with Gasteiger partial charge >= 0.3 is 24.3 Å². The summed E-state index contributed by atoms with van der Waals surface area (Å²) < 4.78 is 15.7. The zero-order chi connectivity index (χ0) is 6.71. The summed E-state index contributed by atoms with van der Waals surface area (Å²) in [5, 5.41) is 24.0. The van der Waals surface area contributed by atoms with Crippen LogP contribution in [0.4, 0.5) is 0 Å². The molecule has 0 aromatic heterocycles. The van der Waals surface area contributed by atoms with E-state index in [0.717, 1.165) is 0 Å². The van der Waals surface area contributed by atoms with Gasteiger partial charge in [-0.1, -0.05) is 0 Å². The summed E-state index contributed by atoms with van der Waals surface area (Å²) in [5.41, 5.74) is 0. The SMILES string of the molecule is OO.OO.[O]=[V][OH]. The Kier molecular flexibility index (Phi) is 266. The van der Waals surface area contributed by atoms with Crippen molar-refractivity contribution in [1.29, 1.82) is 0 Å². The summed E-state index contributed by atoms with van der Waals surface area (Å²) >= 11 is -1.56. The Hall–Kier alpha value is 0.184. The van der Waals surface area contributed by atoms with E-state index in [9.17, 15) is 0 Å². The van der Waals surface area contributed by atoms with Gasteiger partial charge in [-0.15, -0.1) is 0 Å². The third-order valence-electron chi connectivity index (χ3n) is 0. The van der Waals surface area contributed by atoms with Crippen molar-refractivity contribution in [2.24, 2.45) is 0 Å². The first-order valence-corrected chi connectivity index (χ1v) is 1.98. The Morgan fingerprint density at radius 2 is 1.00 bits per heavy atom. The Morgan fingerprint density at radius 3 is 1.00 bits per heavy atom. The molecule has 6 nitrogen and oxygen atoms in total. The van der Waals surface area contributed by atoms with Crippen molar-refractivity contribution in [2.45, 2.75) is 0 Å². The van der Waals surface area contributed by atoms with Crippen molar-refractivity contribution in [3.8, 4) is 0 Å². The van der Waals surface area contributed by atoms with Crippen molar-refractivity contribution < 1.29 is 45.3 Å². The van der Waals surface area contributed by atoms with Crippen molar-refractivity contribution in [1.82, 2.24) is 0 Å². The molecule has 0 aliphatic carbocycles. The third-order valence-corrected chi connectivity index (χ3v) is 0. The molecule has 0 bridgehead atoms. The monoisotopic (exact) mass is 152 g/mol. The molecule has 0 aliphatic rings. The molecule has 0 amide bonds. The van der Waals surface area contributed by atoms with Crippen molar-refractivity contribution in [3.05, 3.63) is 0 Å². The normalized spacial score (nSPS) is 3.57. The molecule has 7 heteroatoms. The molecule has 0 heterocycles. The zero-order valence-corrected chi connectivity index (χ0v) is 4.49. The quantitative estimate of drug-likeness (QED) is 0.232. The summed E-state index contributed by atoms with van der Waals surface area (Å²) in [6.45, 7) is 0. The van der Waals surface area contributed by atoms with Crippen LogP contribution < -0.4 is 0 Å². The van der Waals surface area contributed by atoms with Gasteiger partial charge in [-0.05, 0) is 0 Å². The average molecular weight is 152 g/mol. The molecule has 0 atom stereocenters. The van der Waals surface area contributed by atoms with E-state index < -0.39 is 16.6 Å². The molecule has 0 aromatic carbocycles. The van der Waals surface area contributed by atoms with E-state index in [1.807, 2.05) is 0 Å². The van der Waals surface area contributed by atoms with Crippen LogP contribution in [0.3, 0.4) is 0 Å². The second kappa shape index (κ2) is 118. The van der Waals surface area contributed by atoms with Gasteiger partial charge in [-0.25, -0.2) is 0 Å². The minimum absolute atomic E-state index is 1.56. The molecule has 0 radical (unpaired) electrons. The summed E-state index contributed by atoms with van der Waals surface area (Å²) in [4.78, 5) is 0. The van der Waals surface area contributed by atoms with Gasteiger partial charge in [0.2, 0.25) is 0 Å². The Balaban J connectivity index is -0.0000000360. The molecule has 7 heavy (non-hydrogen) atoms. The first-order chi connectivity index (χ1) is 3.41. The van der Waals surface area contributed by atoms with Gasteiger partial charge < -0.3 is 0 Å². The predicted molar refractivity (Wildman–Crippen MR) is 13.4 cm³/mol. The van der Waals surface area contributed by atoms with E-state index in [0.29, 0.717) is 0 Å². The van der Waals surface area contributed by atoms with Gasteiger partial charge in [0.05, 0.1) is 0 Å². The number of rotatable bonds is 0. The number of hydrogen-bond donors (Lipinski definition) is 5. The molecule has 0 aromatic rings. The van der Waals surface area contributed by atoms with Gasteiger partial charge in [-0.2, -0.15) is 0 Å². The first kappa shape index (κ1) is 15.7. The summed E-state index contributed by atoms with van der Waals surface area (Å²) in [6.07, 6.45) is 0. The van der Waals surface area contributed by atoms with E-state index in [1.165, 1.54) is 0 Å². The van der Waals surface area contributed by atoms with Crippen LogP contribution in [-0.4, -0.2) is 25.1 Å². The fraction of sp³-hybridized carbons (Fsp3) is 0. The number of hydrogen-bond acceptors (Lipinski definition) is 5. The molecular formula is H5O6V. The van der Waals surface area contributed by atoms with E-state index in [4.69, 9.17) is 28.7 Å². The molecule has 46 valence electrons. The maximum absolute atomic E-state index is 8.58. The maximum atomic E-state index is 8.58. The van der Waals surface area contributed by atoms with Gasteiger partial charge in [0.15, 0.2) is 0 Å². The van der Waals surface area contributed by atoms with Crippen LogP contribution in [0.2, 0.25) is 0 Å². The van der Waals surface area contributed by atoms with E-state index >= 15 is 0 Å². The minimum atomic E-state index is -1.56. The fourth-order valence-corrected chi connectivity index (χ4v) is 0. The summed E-state index contributed by atoms with van der Waals surface area (Å²) in [6, 6.07) is 0. The fourth-order valence-electron chi connectivity index (χ4n) is 0. The van der Waals surface area contributed by atoms with Crippen LogP contribution in [0.25, 0.3) is 0 Å². The summed E-state index contributed by atoms with van der Waals surface area (Å²) in [7, 11) is 0. The Bertz CT molecular complexity index is 11.7. The molecular weight excluding hydrogens is 147 g/mol. The molecule has 0 spiro atoms. The van der Waals surface area contributed by atoms with Gasteiger partial charge in [0, 0.05) is 0 Å². The average Bonchev–Trinajstić information content (AvgIpc) is 1.78. The second-order valence-corrected chi connectivity index (χ2v) is 0.337. The molecule has 0 aliphatic heterocycles. The van der Waals surface area contributed by atoms with Crippen LogP contribution in [0, 0.1) is 0 Å². The van der Waals surface area contributed by atoms with E-state index in [1.54, 1.807) is 0 Å².